The molecule has 3 aromatic carbocycles. The van der Waals surface area contributed by atoms with E-state index < -0.39 is 0 Å². The van der Waals surface area contributed by atoms with Crippen molar-refractivity contribution >= 4 is 93.6 Å². The first-order valence-corrected chi connectivity index (χ1v) is 38.2. The molecule has 12 aliphatic heterocycles. The van der Waals surface area contributed by atoms with Gasteiger partial charge in [-0.3, -0.25) is 38.9 Å². The molecule has 19 nitrogen and oxygen atoms in total. The number of carbonyl (C=O) groups is 4. The molecule has 0 aromatic heterocycles. The number of halogens is 6. The molecule has 25 heteroatoms. The first-order valence-electron chi connectivity index (χ1n) is 35.9. The third kappa shape index (κ3) is 18.9. The number of benzene rings is 3. The van der Waals surface area contributed by atoms with Crippen molar-refractivity contribution < 1.29 is 47.6 Å². The molecule has 97 heavy (non-hydrogen) atoms. The van der Waals surface area contributed by atoms with Crippen LogP contribution in [0.5, 0.6) is 0 Å². The molecule has 1 N–H and O–H groups in total. The third-order valence-corrected chi connectivity index (χ3v) is 24.2. The van der Waals surface area contributed by atoms with E-state index in [1.165, 1.54) is 38.5 Å². The van der Waals surface area contributed by atoms with Crippen LogP contribution in [0.25, 0.3) is 0 Å². The maximum Gasteiger partial charge on any atom is 0.227 e. The minimum atomic E-state index is -0.0833. The summed E-state index contributed by atoms with van der Waals surface area (Å²) in [5.41, 5.74) is 2.73. The summed E-state index contributed by atoms with van der Waals surface area (Å²) in [5.74, 6) is 0.494. The predicted octanol–water partition coefficient (Wildman–Crippen LogP) is 8.75. The van der Waals surface area contributed by atoms with Crippen molar-refractivity contribution in [3.05, 3.63) is 101 Å². The fraction of sp³-hybridized carbons (Fsp3) is 0.694. The maximum atomic E-state index is 13.6. The van der Waals surface area contributed by atoms with E-state index in [-0.39, 0.29) is 78.2 Å². The highest BCUT2D eigenvalue weighted by molar-refractivity contribution is 6.43. The number of carbonyl (C=O) groups excluding carboxylic acids is 4. The lowest BCUT2D eigenvalue weighted by Gasteiger charge is -2.54. The summed E-state index contributed by atoms with van der Waals surface area (Å²) in [6, 6.07) is 18.3. The Balaban J connectivity index is 0.000000132. The van der Waals surface area contributed by atoms with Crippen molar-refractivity contribution in [2.75, 3.05) is 151 Å². The van der Waals surface area contributed by atoms with Crippen LogP contribution in [-0.2, 0) is 66.9 Å². The van der Waals surface area contributed by atoms with E-state index in [0.717, 1.165) is 173 Å². The quantitative estimate of drug-likeness (QED) is 0.152. The van der Waals surface area contributed by atoms with Gasteiger partial charge in [0.15, 0.2) is 0 Å². The highest BCUT2D eigenvalue weighted by atomic mass is 35.5. The van der Waals surface area contributed by atoms with Crippen LogP contribution < -0.4 is 5.32 Å². The standard InChI is InChI=1S/2C24H33Cl2N3O3.C19H25Cl2N3O2.C5H8O2/c2*25-19-6-5-17(12-20(19)26)13-23(30)29-10-9-28(14-18-4-3-11-32-18)22-16-31-15-21(24(22)29)27-7-1-2-8-27;20-14-4-3-13(9-15(14)21)10-18(25)24-8-5-22-16-11-26-12-17(19(16)24)23-6-1-2-7-23;6-4-5-2-1-3-7-5/h2*5-6,12,18,21-22,24H,1-4,7-11,13-16H2;3-4,9,16-17,19,22H,1-2,5-8,10-12H2;4-5H,1-3H2/t2*18?,21-,22+,24+;16-,17+,19+;/m001./s1. The molecule has 12 saturated heterocycles. The fourth-order valence-electron chi connectivity index (χ4n) is 17.1. The second-order valence-corrected chi connectivity index (χ2v) is 30.6. The summed E-state index contributed by atoms with van der Waals surface area (Å²) in [4.78, 5) is 69.2. The second-order valence-electron chi connectivity index (χ2n) is 28.2. The Labute approximate surface area is 603 Å². The number of nitrogens with one attached hydrogen (secondary N) is 1. The highest BCUT2D eigenvalue weighted by Gasteiger charge is 2.51. The van der Waals surface area contributed by atoms with E-state index in [2.05, 4.69) is 44.5 Å². The minimum absolute atomic E-state index is 0.0833. The topological polar surface area (TPSA) is 162 Å². The maximum absolute atomic E-state index is 13.6. The number of amides is 3. The summed E-state index contributed by atoms with van der Waals surface area (Å²) < 4.78 is 35.0. The predicted molar refractivity (Wildman–Crippen MR) is 379 cm³/mol. The van der Waals surface area contributed by atoms with Crippen molar-refractivity contribution in [2.24, 2.45) is 0 Å². The number of ether oxygens (including phenoxy) is 6. The van der Waals surface area contributed by atoms with Gasteiger partial charge in [-0.2, -0.15) is 0 Å². The molecule has 3 unspecified atom stereocenters. The molecule has 12 fully saturated rings. The van der Waals surface area contributed by atoms with Gasteiger partial charge in [-0.05, 0) is 169 Å². The molecule has 0 saturated carbocycles. The van der Waals surface area contributed by atoms with Gasteiger partial charge in [-0.15, -0.1) is 0 Å². The Morgan fingerprint density at radius 1 is 0.412 bits per heavy atom. The molecule has 0 bridgehead atoms. The van der Waals surface area contributed by atoms with Gasteiger partial charge in [0, 0.05) is 72.2 Å². The van der Waals surface area contributed by atoms with Crippen LogP contribution in [0.2, 0.25) is 30.1 Å². The normalized spacial score (nSPS) is 31.1. The first-order chi connectivity index (χ1) is 47.3. The van der Waals surface area contributed by atoms with Gasteiger partial charge in [0.05, 0.1) is 156 Å². The summed E-state index contributed by atoms with van der Waals surface area (Å²) in [6.45, 7) is 19.9. The smallest absolute Gasteiger partial charge is 0.227 e. The molecule has 0 spiro atoms. The zero-order valence-electron chi connectivity index (χ0n) is 56.0. The van der Waals surface area contributed by atoms with E-state index in [9.17, 15) is 19.2 Å². The third-order valence-electron chi connectivity index (χ3n) is 22.0. The lowest BCUT2D eigenvalue weighted by Crippen LogP contribution is -2.72. The molecule has 12 atom stereocenters. The molecule has 12 aliphatic rings. The van der Waals surface area contributed by atoms with Crippen LogP contribution in [0.3, 0.4) is 0 Å². The molecule has 534 valence electrons. The molecule has 0 radical (unpaired) electrons. The van der Waals surface area contributed by atoms with E-state index in [1.807, 2.05) is 30.3 Å². The van der Waals surface area contributed by atoms with Gasteiger partial charge < -0.3 is 53.2 Å². The summed E-state index contributed by atoms with van der Waals surface area (Å²) in [7, 11) is 0. The number of nitrogens with zero attached hydrogens (tertiary/aromatic N) is 8. The minimum Gasteiger partial charge on any atom is -0.378 e. The van der Waals surface area contributed by atoms with Crippen molar-refractivity contribution in [3.8, 4) is 0 Å². The number of hydrogen-bond donors (Lipinski definition) is 1. The van der Waals surface area contributed by atoms with E-state index in [1.54, 1.807) is 24.3 Å². The fourth-order valence-corrected chi connectivity index (χ4v) is 18.1. The molecular formula is C72H99Cl6N9O10. The molecule has 3 amide bonds. The summed E-state index contributed by atoms with van der Waals surface area (Å²) >= 11 is 36.7. The SMILES string of the molecule is O=C(Cc1ccc(Cl)c(Cl)c1)N1CCN(CC2CCCO2)[C@@H]2COC[C@H](N3CCCC3)[C@H]21.O=C(Cc1ccc(Cl)c(Cl)c1)N1CCN(CC2CCCO2)[C@@H]2COC[C@H](N3CCCC3)[C@H]21.O=C(Cc1ccc(Cl)c(Cl)c1)N1CCN[C@@H]2COC[C@H](N3CCCC3)[C@H]21.O=CC1CCCO1. The lowest BCUT2D eigenvalue weighted by molar-refractivity contribution is -0.154. The molecule has 3 aromatic rings. The Bertz CT molecular complexity index is 2940. The number of likely N-dealkylation sites (tertiary alicyclic amines) is 3. The zero-order valence-corrected chi connectivity index (χ0v) is 60.5. The average molecular weight is 1460 g/mol. The van der Waals surface area contributed by atoms with Crippen molar-refractivity contribution in [2.45, 2.75) is 169 Å². The van der Waals surface area contributed by atoms with Gasteiger partial charge in [0.25, 0.3) is 0 Å². The van der Waals surface area contributed by atoms with Crippen LogP contribution in [0.15, 0.2) is 54.6 Å². The Morgan fingerprint density at radius 2 is 0.784 bits per heavy atom. The van der Waals surface area contributed by atoms with E-state index in [0.29, 0.717) is 101 Å². The lowest BCUT2D eigenvalue weighted by atomic mass is 9.90. The van der Waals surface area contributed by atoms with Gasteiger partial charge in [-0.25, -0.2) is 0 Å². The van der Waals surface area contributed by atoms with E-state index in [4.69, 9.17) is 98.0 Å². The van der Waals surface area contributed by atoms with Crippen LogP contribution in [0.1, 0.15) is 93.7 Å². The van der Waals surface area contributed by atoms with Gasteiger partial charge in [0.1, 0.15) is 12.4 Å². The Hall–Kier alpha value is -3.00. The molecule has 12 heterocycles. The Morgan fingerprint density at radius 3 is 1.14 bits per heavy atom. The van der Waals surface area contributed by atoms with Crippen LogP contribution in [0, 0.1) is 0 Å². The number of fused-ring (bicyclic) bond motifs is 3. The van der Waals surface area contributed by atoms with Crippen LogP contribution in [0.4, 0.5) is 0 Å². The second kappa shape index (κ2) is 35.9. The van der Waals surface area contributed by atoms with Crippen molar-refractivity contribution in [1.82, 2.24) is 44.5 Å². The molecule has 15 rings (SSSR count). The van der Waals surface area contributed by atoms with Crippen LogP contribution >= 0.6 is 69.6 Å². The zero-order chi connectivity index (χ0) is 67.4. The van der Waals surface area contributed by atoms with E-state index >= 15 is 0 Å². The van der Waals surface area contributed by atoms with Gasteiger partial charge in [-0.1, -0.05) is 87.8 Å². The summed E-state index contributed by atoms with van der Waals surface area (Å²) in [6.07, 6.45) is 16.3. The first kappa shape index (κ1) is 73.7. The Kier molecular flexibility index (Phi) is 27.3. The number of piperazine rings is 3. The number of hydrogen-bond acceptors (Lipinski definition) is 16. The largest absolute Gasteiger partial charge is 0.378 e. The van der Waals surface area contributed by atoms with Gasteiger partial charge >= 0.3 is 0 Å². The van der Waals surface area contributed by atoms with Crippen molar-refractivity contribution in [3.63, 3.8) is 0 Å². The monoisotopic (exact) mass is 1460 g/mol. The summed E-state index contributed by atoms with van der Waals surface area (Å²) in [5, 5.41) is 6.60. The average Bonchev–Trinajstić information content (AvgIpc) is 1.58. The molecule has 0 aliphatic carbocycles. The van der Waals surface area contributed by atoms with Gasteiger partial charge in [0.2, 0.25) is 17.7 Å². The molecular weight excluding hydrogens is 1360 g/mol. The highest BCUT2D eigenvalue weighted by Crippen LogP contribution is 2.36. The van der Waals surface area contributed by atoms with Crippen molar-refractivity contribution in [1.29, 1.82) is 0 Å². The van der Waals surface area contributed by atoms with Crippen LogP contribution in [-0.4, -0.2) is 287 Å². The number of aldehydes is 1. The number of rotatable bonds is 14.